The highest BCUT2D eigenvalue weighted by Gasteiger charge is 2.43. The van der Waals surface area contributed by atoms with Crippen molar-refractivity contribution < 1.29 is 29.0 Å². The van der Waals surface area contributed by atoms with E-state index in [1.807, 2.05) is 34.6 Å². The van der Waals surface area contributed by atoms with Gasteiger partial charge in [0.15, 0.2) is 0 Å². The molecule has 10 heteroatoms. The van der Waals surface area contributed by atoms with Crippen molar-refractivity contribution in [2.75, 3.05) is 0 Å². The van der Waals surface area contributed by atoms with Crippen molar-refractivity contribution in [3.05, 3.63) is 29.8 Å². The highest BCUT2D eigenvalue weighted by molar-refractivity contribution is 5.93. The van der Waals surface area contributed by atoms with Crippen LogP contribution in [0.1, 0.15) is 99.1 Å². The lowest BCUT2D eigenvalue weighted by atomic mass is 9.91. The third kappa shape index (κ3) is 10.2. The number of alkyl carbamates (subject to hydrolysis) is 1. The fourth-order valence-electron chi connectivity index (χ4n) is 4.01. The number of phenols is 1. The molecule has 3 atom stereocenters. The first-order valence-electron chi connectivity index (χ1n) is 13.2. The van der Waals surface area contributed by atoms with Crippen LogP contribution in [0, 0.1) is 0 Å². The van der Waals surface area contributed by atoms with E-state index in [2.05, 4.69) is 10.6 Å². The molecule has 1 aromatic rings. The van der Waals surface area contributed by atoms with Crippen LogP contribution in [0.2, 0.25) is 0 Å². The highest BCUT2D eigenvalue weighted by atomic mass is 16.6. The molecule has 0 bridgehead atoms. The highest BCUT2D eigenvalue weighted by Crippen LogP contribution is 2.33. The number of carbonyl (C=O) groups is 4. The first-order valence-corrected chi connectivity index (χ1v) is 13.2. The first kappa shape index (κ1) is 32.7. The quantitative estimate of drug-likeness (QED) is 0.301. The molecule has 0 spiro atoms. The molecule has 0 aliphatic rings. The Bertz CT molecular complexity index is 955. The Morgan fingerprint density at radius 3 is 2.05 bits per heavy atom. The fraction of sp³-hybridized carbons (Fsp3) is 0.643. The number of aromatic hydroxyl groups is 1. The molecule has 0 radical (unpaired) electrons. The number of hydrogen-bond donors (Lipinski definition) is 4. The van der Waals surface area contributed by atoms with E-state index in [4.69, 9.17) is 10.5 Å². The van der Waals surface area contributed by atoms with Gasteiger partial charge < -0.3 is 31.1 Å². The molecule has 10 nitrogen and oxygen atoms in total. The molecule has 3 unspecified atom stereocenters. The molecular formula is C28H46N4O6. The zero-order valence-electron chi connectivity index (χ0n) is 24.1. The summed E-state index contributed by atoms with van der Waals surface area (Å²) < 4.78 is 5.36. The standard InChI is InChI=1S/C28H46N4O6/c1-9-11-18(3)30-24(35)23(19-12-14-20(33)15-13-19)32(28(7,8)10-2)25(36)21(16-17-22(29)34)31-26(37)38-27(4,5)6/h12-15,18,21,23,33H,9-11,16-17H2,1-8H3,(H2,29,34)(H,30,35)(H,31,37). The molecule has 5 N–H and O–H groups in total. The lowest BCUT2D eigenvalue weighted by molar-refractivity contribution is -0.149. The number of nitrogens with two attached hydrogens (primary N) is 1. The van der Waals surface area contributed by atoms with E-state index in [1.165, 1.54) is 17.0 Å². The van der Waals surface area contributed by atoms with E-state index in [1.54, 1.807) is 32.9 Å². The predicted molar refractivity (Wildman–Crippen MR) is 146 cm³/mol. The summed E-state index contributed by atoms with van der Waals surface area (Å²) in [6.45, 7) is 14.6. The minimum atomic E-state index is -1.18. The van der Waals surface area contributed by atoms with E-state index < -0.39 is 47.0 Å². The smallest absolute Gasteiger partial charge is 0.408 e. The van der Waals surface area contributed by atoms with E-state index in [0.717, 1.165) is 12.8 Å². The topological polar surface area (TPSA) is 151 Å². The maximum Gasteiger partial charge on any atom is 0.408 e. The SMILES string of the molecule is CCCC(C)NC(=O)C(c1ccc(O)cc1)N(C(=O)C(CCC(N)=O)NC(=O)OC(C)(C)C)C(C)(C)CC. The average molecular weight is 535 g/mol. The summed E-state index contributed by atoms with van der Waals surface area (Å²) in [6.07, 6.45) is 1.05. The summed E-state index contributed by atoms with van der Waals surface area (Å²) in [6, 6.07) is 3.70. The molecule has 0 aromatic heterocycles. The Kier molecular flexibility index (Phi) is 12.1. The van der Waals surface area contributed by atoms with Gasteiger partial charge in [0.1, 0.15) is 23.4 Å². The molecule has 0 aliphatic carbocycles. The van der Waals surface area contributed by atoms with Crippen LogP contribution in [0.5, 0.6) is 5.75 Å². The number of benzene rings is 1. The van der Waals surface area contributed by atoms with Crippen LogP contribution < -0.4 is 16.4 Å². The van der Waals surface area contributed by atoms with Crippen LogP contribution in [0.3, 0.4) is 0 Å². The number of nitrogens with one attached hydrogen (secondary N) is 2. The van der Waals surface area contributed by atoms with Gasteiger partial charge in [-0.2, -0.15) is 0 Å². The zero-order chi connectivity index (χ0) is 29.3. The Morgan fingerprint density at radius 1 is 1.00 bits per heavy atom. The van der Waals surface area contributed by atoms with Crippen molar-refractivity contribution >= 4 is 23.8 Å². The lowest BCUT2D eigenvalue weighted by Gasteiger charge is -2.45. The van der Waals surface area contributed by atoms with Crippen molar-refractivity contribution in [1.82, 2.24) is 15.5 Å². The minimum Gasteiger partial charge on any atom is -0.508 e. The normalized spacial score (nSPS) is 14.1. The monoisotopic (exact) mass is 534 g/mol. The van der Waals surface area contributed by atoms with Gasteiger partial charge in [0, 0.05) is 18.0 Å². The van der Waals surface area contributed by atoms with Gasteiger partial charge in [-0.05, 0) is 78.5 Å². The number of rotatable bonds is 13. The van der Waals surface area contributed by atoms with Crippen molar-refractivity contribution in [1.29, 1.82) is 0 Å². The van der Waals surface area contributed by atoms with Gasteiger partial charge in [-0.15, -0.1) is 0 Å². The third-order valence-electron chi connectivity index (χ3n) is 6.25. The predicted octanol–water partition coefficient (Wildman–Crippen LogP) is 3.91. The number of primary amides is 1. The fourth-order valence-corrected chi connectivity index (χ4v) is 4.01. The molecule has 0 saturated heterocycles. The van der Waals surface area contributed by atoms with Gasteiger partial charge in [-0.3, -0.25) is 14.4 Å². The van der Waals surface area contributed by atoms with E-state index >= 15 is 0 Å². The molecule has 0 heterocycles. The summed E-state index contributed by atoms with van der Waals surface area (Å²) in [7, 11) is 0. The summed E-state index contributed by atoms with van der Waals surface area (Å²) >= 11 is 0. The van der Waals surface area contributed by atoms with Crippen LogP contribution in [0.4, 0.5) is 4.79 Å². The van der Waals surface area contributed by atoms with Crippen LogP contribution in [0.25, 0.3) is 0 Å². The van der Waals surface area contributed by atoms with Gasteiger partial charge in [0.05, 0.1) is 0 Å². The largest absolute Gasteiger partial charge is 0.508 e. The van der Waals surface area contributed by atoms with Gasteiger partial charge in [0.25, 0.3) is 0 Å². The molecule has 1 rings (SSSR count). The number of ether oxygens (including phenoxy) is 1. The summed E-state index contributed by atoms with van der Waals surface area (Å²) in [4.78, 5) is 53.7. The average Bonchev–Trinajstić information content (AvgIpc) is 2.79. The maximum absolute atomic E-state index is 14.2. The maximum atomic E-state index is 14.2. The van der Waals surface area contributed by atoms with Crippen molar-refractivity contribution in [2.24, 2.45) is 5.73 Å². The second-order valence-electron chi connectivity index (χ2n) is 11.3. The summed E-state index contributed by atoms with van der Waals surface area (Å²) in [5.41, 5.74) is 4.20. The molecule has 1 aromatic carbocycles. The molecule has 214 valence electrons. The minimum absolute atomic E-state index is 0.0193. The Balaban J connectivity index is 3.64. The van der Waals surface area contributed by atoms with Gasteiger partial charge in [-0.1, -0.05) is 32.4 Å². The molecule has 38 heavy (non-hydrogen) atoms. The number of hydrogen-bond acceptors (Lipinski definition) is 6. The molecule has 0 aliphatic heterocycles. The van der Waals surface area contributed by atoms with Crippen LogP contribution in [0.15, 0.2) is 24.3 Å². The second kappa shape index (κ2) is 14.0. The second-order valence-corrected chi connectivity index (χ2v) is 11.3. The number of phenolic OH excluding ortho intramolecular Hbond substituents is 1. The van der Waals surface area contributed by atoms with Crippen LogP contribution in [-0.4, -0.2) is 57.0 Å². The number of carbonyl (C=O) groups excluding carboxylic acids is 4. The van der Waals surface area contributed by atoms with Gasteiger partial charge >= 0.3 is 6.09 Å². The van der Waals surface area contributed by atoms with E-state index in [9.17, 15) is 24.3 Å². The first-order chi connectivity index (χ1) is 17.5. The van der Waals surface area contributed by atoms with Crippen molar-refractivity contribution in [3.8, 4) is 5.75 Å². The van der Waals surface area contributed by atoms with Gasteiger partial charge in [-0.25, -0.2) is 4.79 Å². The summed E-state index contributed by atoms with van der Waals surface area (Å²) in [5, 5.41) is 15.5. The third-order valence-corrected chi connectivity index (χ3v) is 6.25. The molecule has 0 fully saturated rings. The Morgan fingerprint density at radius 2 is 1.58 bits per heavy atom. The Hall–Kier alpha value is -3.30. The van der Waals surface area contributed by atoms with Gasteiger partial charge in [0.2, 0.25) is 17.7 Å². The number of nitrogens with zero attached hydrogens (tertiary/aromatic N) is 1. The molecular weight excluding hydrogens is 488 g/mol. The van der Waals surface area contributed by atoms with Crippen molar-refractivity contribution in [2.45, 2.75) is 117 Å². The summed E-state index contributed by atoms with van der Waals surface area (Å²) in [5.74, 6) is -1.56. The van der Waals surface area contributed by atoms with Crippen LogP contribution in [-0.2, 0) is 19.1 Å². The number of amides is 4. The van der Waals surface area contributed by atoms with Crippen molar-refractivity contribution in [3.63, 3.8) is 0 Å². The van der Waals surface area contributed by atoms with Crippen LogP contribution >= 0.6 is 0 Å². The molecule has 0 saturated carbocycles. The lowest BCUT2D eigenvalue weighted by Crippen LogP contribution is -2.59. The molecule has 4 amide bonds. The van der Waals surface area contributed by atoms with E-state index in [-0.39, 0.29) is 24.6 Å². The van der Waals surface area contributed by atoms with E-state index in [0.29, 0.717) is 12.0 Å². The zero-order valence-corrected chi connectivity index (χ0v) is 24.1. The Labute approximate surface area is 226 Å².